The summed E-state index contributed by atoms with van der Waals surface area (Å²) in [5.41, 5.74) is 5.92. The first-order valence-electron chi connectivity index (χ1n) is 8.42. The second kappa shape index (κ2) is 10.1. The van der Waals surface area contributed by atoms with Gasteiger partial charge in [0.05, 0.1) is 23.2 Å². The van der Waals surface area contributed by atoms with Crippen molar-refractivity contribution in [2.24, 2.45) is 5.73 Å². The van der Waals surface area contributed by atoms with Gasteiger partial charge >= 0.3 is 12.0 Å². The van der Waals surface area contributed by atoms with Crippen LogP contribution < -0.4 is 16.4 Å². The lowest BCUT2D eigenvalue weighted by atomic mass is 10.0. The number of primary amides is 1. The number of urea groups is 1. The van der Waals surface area contributed by atoms with Gasteiger partial charge < -0.3 is 21.1 Å². The fourth-order valence-corrected chi connectivity index (χ4v) is 2.75. The standard InChI is InChI=1S/C19H18Cl2FN3O4/c1-10(18(27)24-15-7-6-13(22)8-14(15)21)29-17(26)9-16(25-19(23)28)11-2-4-12(20)5-3-11/h2-8,10,16H,9H2,1H3,(H,24,27)(H3,23,25,28). The number of halogens is 3. The zero-order chi connectivity index (χ0) is 21.6. The Morgan fingerprint density at radius 3 is 2.38 bits per heavy atom. The van der Waals surface area contributed by atoms with Gasteiger partial charge in [-0.25, -0.2) is 9.18 Å². The predicted molar refractivity (Wildman–Crippen MR) is 107 cm³/mol. The summed E-state index contributed by atoms with van der Waals surface area (Å²) in [6.45, 7) is 1.36. The van der Waals surface area contributed by atoms with E-state index in [9.17, 15) is 18.8 Å². The van der Waals surface area contributed by atoms with Crippen LogP contribution in [0.15, 0.2) is 42.5 Å². The van der Waals surface area contributed by atoms with Crippen LogP contribution in [0.4, 0.5) is 14.9 Å². The molecule has 2 atom stereocenters. The van der Waals surface area contributed by atoms with Gasteiger partial charge in [0.25, 0.3) is 5.91 Å². The van der Waals surface area contributed by atoms with Crippen LogP contribution in [0, 0.1) is 5.82 Å². The normalized spacial score (nSPS) is 12.6. The van der Waals surface area contributed by atoms with Crippen LogP contribution in [-0.2, 0) is 14.3 Å². The highest BCUT2D eigenvalue weighted by atomic mass is 35.5. The van der Waals surface area contributed by atoms with Crippen LogP contribution in [0.5, 0.6) is 0 Å². The lowest BCUT2D eigenvalue weighted by molar-refractivity contribution is -0.153. The van der Waals surface area contributed by atoms with Crippen molar-refractivity contribution in [1.29, 1.82) is 0 Å². The number of carbonyl (C=O) groups is 3. The average molecular weight is 442 g/mol. The molecule has 0 radical (unpaired) electrons. The first-order chi connectivity index (χ1) is 13.7. The number of benzene rings is 2. The summed E-state index contributed by atoms with van der Waals surface area (Å²) in [4.78, 5) is 35.7. The van der Waals surface area contributed by atoms with Crippen LogP contribution in [0.1, 0.15) is 24.9 Å². The highest BCUT2D eigenvalue weighted by molar-refractivity contribution is 6.33. The molecular formula is C19H18Cl2FN3O4. The maximum absolute atomic E-state index is 13.1. The van der Waals surface area contributed by atoms with E-state index >= 15 is 0 Å². The number of carbonyl (C=O) groups excluding carboxylic acids is 3. The molecule has 0 heterocycles. The maximum Gasteiger partial charge on any atom is 0.312 e. The van der Waals surface area contributed by atoms with E-state index in [0.717, 1.165) is 12.1 Å². The Hall–Kier alpha value is -2.84. The molecule has 10 heteroatoms. The lowest BCUT2D eigenvalue weighted by Crippen LogP contribution is -2.36. The number of nitrogens with one attached hydrogen (secondary N) is 2. The Morgan fingerprint density at radius 1 is 1.14 bits per heavy atom. The number of amides is 3. The molecule has 0 aliphatic rings. The summed E-state index contributed by atoms with van der Waals surface area (Å²) >= 11 is 11.7. The summed E-state index contributed by atoms with van der Waals surface area (Å²) in [7, 11) is 0. The number of ether oxygens (including phenoxy) is 1. The van der Waals surface area contributed by atoms with Gasteiger partial charge in [0.15, 0.2) is 6.10 Å². The number of anilines is 1. The summed E-state index contributed by atoms with van der Waals surface area (Å²) < 4.78 is 18.2. The Labute approximate surface area is 176 Å². The zero-order valence-electron chi connectivity index (χ0n) is 15.2. The first kappa shape index (κ1) is 22.4. The third kappa shape index (κ3) is 6.92. The molecule has 2 aromatic rings. The van der Waals surface area contributed by atoms with E-state index < -0.39 is 35.9 Å². The highest BCUT2D eigenvalue weighted by Gasteiger charge is 2.23. The van der Waals surface area contributed by atoms with Gasteiger partial charge in [0.1, 0.15) is 5.82 Å². The van der Waals surface area contributed by atoms with Crippen LogP contribution in [0.3, 0.4) is 0 Å². The van der Waals surface area contributed by atoms with Crippen molar-refractivity contribution in [2.45, 2.75) is 25.5 Å². The van der Waals surface area contributed by atoms with Crippen molar-refractivity contribution in [2.75, 3.05) is 5.32 Å². The largest absolute Gasteiger partial charge is 0.452 e. The van der Waals surface area contributed by atoms with E-state index in [4.69, 9.17) is 33.7 Å². The van der Waals surface area contributed by atoms with Gasteiger partial charge in [-0.15, -0.1) is 0 Å². The van der Waals surface area contributed by atoms with Crippen molar-refractivity contribution in [1.82, 2.24) is 5.32 Å². The van der Waals surface area contributed by atoms with E-state index in [1.807, 2.05) is 0 Å². The lowest BCUT2D eigenvalue weighted by Gasteiger charge is -2.19. The molecule has 29 heavy (non-hydrogen) atoms. The highest BCUT2D eigenvalue weighted by Crippen LogP contribution is 2.23. The van der Waals surface area contributed by atoms with Gasteiger partial charge in [0, 0.05) is 5.02 Å². The molecule has 0 saturated heterocycles. The molecule has 2 unspecified atom stereocenters. The van der Waals surface area contributed by atoms with Crippen molar-refractivity contribution < 1.29 is 23.5 Å². The molecule has 0 saturated carbocycles. The molecule has 2 aromatic carbocycles. The number of hydrogen-bond acceptors (Lipinski definition) is 4. The van der Waals surface area contributed by atoms with Crippen LogP contribution in [0.2, 0.25) is 10.0 Å². The fraction of sp³-hybridized carbons (Fsp3) is 0.211. The Morgan fingerprint density at radius 2 is 1.79 bits per heavy atom. The van der Waals surface area contributed by atoms with E-state index in [2.05, 4.69) is 10.6 Å². The molecule has 7 nitrogen and oxygen atoms in total. The molecule has 2 rings (SSSR count). The number of esters is 1. The molecule has 0 bridgehead atoms. The molecule has 154 valence electrons. The number of nitrogens with two attached hydrogens (primary N) is 1. The van der Waals surface area contributed by atoms with Crippen molar-refractivity contribution >= 4 is 46.8 Å². The van der Waals surface area contributed by atoms with Crippen LogP contribution >= 0.6 is 23.2 Å². The van der Waals surface area contributed by atoms with E-state index in [0.29, 0.717) is 10.6 Å². The summed E-state index contributed by atoms with van der Waals surface area (Å²) in [5.74, 6) is -1.95. The van der Waals surface area contributed by atoms with Gasteiger partial charge in [-0.3, -0.25) is 9.59 Å². The van der Waals surface area contributed by atoms with Crippen molar-refractivity contribution in [3.05, 3.63) is 63.9 Å². The monoisotopic (exact) mass is 441 g/mol. The Bertz CT molecular complexity index is 909. The van der Waals surface area contributed by atoms with Crippen LogP contribution in [-0.4, -0.2) is 24.0 Å². The molecule has 0 fully saturated rings. The second-order valence-corrected chi connectivity index (χ2v) is 6.91. The Balaban J connectivity index is 1.99. The van der Waals surface area contributed by atoms with Gasteiger partial charge in [0.2, 0.25) is 0 Å². The number of hydrogen-bond donors (Lipinski definition) is 3. The van der Waals surface area contributed by atoms with Crippen molar-refractivity contribution in [3.63, 3.8) is 0 Å². The maximum atomic E-state index is 13.1. The Kier molecular flexibility index (Phi) is 7.81. The number of rotatable bonds is 7. The minimum Gasteiger partial charge on any atom is -0.452 e. The van der Waals surface area contributed by atoms with E-state index in [-0.39, 0.29) is 17.1 Å². The summed E-state index contributed by atoms with van der Waals surface area (Å²) in [5, 5.41) is 5.38. The third-order valence-corrected chi connectivity index (χ3v) is 4.39. The fourth-order valence-electron chi connectivity index (χ4n) is 2.41. The molecule has 3 amide bonds. The summed E-state index contributed by atoms with van der Waals surface area (Å²) in [6.07, 6.45) is -1.43. The average Bonchev–Trinajstić information content (AvgIpc) is 2.63. The van der Waals surface area contributed by atoms with E-state index in [1.54, 1.807) is 24.3 Å². The van der Waals surface area contributed by atoms with Gasteiger partial charge in [-0.05, 0) is 42.8 Å². The minimum atomic E-state index is -1.16. The van der Waals surface area contributed by atoms with Crippen LogP contribution in [0.25, 0.3) is 0 Å². The third-order valence-electron chi connectivity index (χ3n) is 3.83. The molecule has 0 aromatic heterocycles. The van der Waals surface area contributed by atoms with Gasteiger partial charge in [-0.1, -0.05) is 35.3 Å². The first-order valence-corrected chi connectivity index (χ1v) is 9.18. The topological polar surface area (TPSA) is 111 Å². The van der Waals surface area contributed by atoms with Crippen molar-refractivity contribution in [3.8, 4) is 0 Å². The van der Waals surface area contributed by atoms with E-state index in [1.165, 1.54) is 13.0 Å². The molecular weight excluding hydrogens is 424 g/mol. The molecule has 0 aliphatic heterocycles. The SMILES string of the molecule is CC(OC(=O)CC(NC(N)=O)c1ccc(Cl)cc1)C(=O)Nc1ccc(F)cc1Cl. The minimum absolute atomic E-state index is 0.00494. The second-order valence-electron chi connectivity index (χ2n) is 6.06. The summed E-state index contributed by atoms with van der Waals surface area (Å²) in [6, 6.07) is 8.32. The molecule has 0 spiro atoms. The molecule has 4 N–H and O–H groups in total. The quantitative estimate of drug-likeness (QED) is 0.567. The van der Waals surface area contributed by atoms with Gasteiger partial charge in [-0.2, -0.15) is 0 Å². The predicted octanol–water partition coefficient (Wildman–Crippen LogP) is 3.80. The smallest absolute Gasteiger partial charge is 0.312 e. The zero-order valence-corrected chi connectivity index (χ0v) is 16.8. The molecule has 0 aliphatic carbocycles.